The molecule has 82 heavy (non-hydrogen) atoms. The Hall–Kier alpha value is -3.35. The smallest absolute Gasteiger partial charge is 0.220 e. The Bertz CT molecular complexity index is 1790. The van der Waals surface area contributed by atoms with Crippen molar-refractivity contribution in [3.63, 3.8) is 0 Å². The van der Waals surface area contributed by atoms with Gasteiger partial charge in [0, 0.05) is 6.42 Å². The molecule has 2 aliphatic rings. The molecule has 0 radical (unpaired) electrons. The van der Waals surface area contributed by atoms with Crippen LogP contribution >= 0.6 is 0 Å². The number of hydrogen-bond donors (Lipinski definition) is 9. The minimum atomic E-state index is -1.79. The van der Waals surface area contributed by atoms with Crippen LogP contribution in [0, 0.1) is 0 Å². The van der Waals surface area contributed by atoms with Gasteiger partial charge >= 0.3 is 0 Å². The van der Waals surface area contributed by atoms with Gasteiger partial charge in [-0.05, 0) is 83.5 Å². The molecule has 2 rings (SSSR count). The fourth-order valence-corrected chi connectivity index (χ4v) is 9.88. The summed E-state index contributed by atoms with van der Waals surface area (Å²) in [7, 11) is 0. The Balaban J connectivity index is 1.70. The highest BCUT2D eigenvalue weighted by atomic mass is 16.7. The Labute approximate surface area is 495 Å². The third kappa shape index (κ3) is 36.5. The Morgan fingerprint density at radius 1 is 0.451 bits per heavy atom. The molecule has 2 aliphatic heterocycles. The van der Waals surface area contributed by atoms with Crippen molar-refractivity contribution in [2.45, 2.75) is 293 Å². The van der Waals surface area contributed by atoms with Crippen molar-refractivity contribution in [3.05, 3.63) is 109 Å². The van der Waals surface area contributed by atoms with E-state index in [2.05, 4.69) is 129 Å². The Kier molecular flexibility index (Phi) is 47.4. The molecule has 0 spiro atoms. The van der Waals surface area contributed by atoms with Crippen LogP contribution in [0.4, 0.5) is 0 Å². The molecule has 0 saturated carbocycles. The fraction of sp³-hybridized carbons (Fsp3) is 0.721. The van der Waals surface area contributed by atoms with Crippen LogP contribution in [0.2, 0.25) is 0 Å². The van der Waals surface area contributed by atoms with Crippen molar-refractivity contribution < 1.29 is 64.6 Å². The van der Waals surface area contributed by atoms with Crippen LogP contribution in [-0.4, -0.2) is 140 Å². The van der Waals surface area contributed by atoms with E-state index in [1.165, 1.54) is 70.6 Å². The number of carbonyl (C=O) groups excluding carboxylic acids is 1. The molecule has 12 atom stereocenters. The molecular formula is C68H115NO13. The van der Waals surface area contributed by atoms with Gasteiger partial charge in [0.05, 0.1) is 32.0 Å². The van der Waals surface area contributed by atoms with Crippen molar-refractivity contribution in [1.29, 1.82) is 0 Å². The monoisotopic (exact) mass is 1150 g/mol. The van der Waals surface area contributed by atoms with Gasteiger partial charge in [0.2, 0.25) is 5.91 Å². The number of aliphatic hydroxyl groups excluding tert-OH is 8. The second-order valence-electron chi connectivity index (χ2n) is 22.2. The molecule has 14 heteroatoms. The SMILES string of the molecule is CC/C=C\C/C=C\C/C=C\C/C=C\C/C=C\C/C=C\C/C=C\C/C=C\C/C=C\CCCCCCCC(=O)NC(COC1OC(CO)C(OC2OC(CO)C(O)C(O)C2O)C(O)C1O)C(O)CCCCCCCCCCCCCCCCC. The van der Waals surface area contributed by atoms with Gasteiger partial charge in [0.25, 0.3) is 0 Å². The summed E-state index contributed by atoms with van der Waals surface area (Å²) in [6.07, 6.45) is 56.6. The van der Waals surface area contributed by atoms with Crippen LogP contribution in [0.1, 0.15) is 219 Å². The molecule has 2 fully saturated rings. The van der Waals surface area contributed by atoms with E-state index in [1.807, 2.05) is 0 Å². The minimum absolute atomic E-state index is 0.230. The number of nitrogens with one attached hydrogen (secondary N) is 1. The van der Waals surface area contributed by atoms with Crippen LogP contribution in [0.25, 0.3) is 0 Å². The first-order chi connectivity index (χ1) is 40.1. The maximum Gasteiger partial charge on any atom is 0.220 e. The molecule has 2 saturated heterocycles. The molecule has 0 aromatic rings. The van der Waals surface area contributed by atoms with E-state index in [0.717, 1.165) is 116 Å². The zero-order valence-corrected chi connectivity index (χ0v) is 50.7. The molecular weight excluding hydrogens is 1040 g/mol. The summed E-state index contributed by atoms with van der Waals surface area (Å²) in [4.78, 5) is 13.3. The third-order valence-electron chi connectivity index (χ3n) is 15.0. The standard InChI is InChI=1S/C68H115NO13/c1-3-5-7-9-11-13-15-17-19-20-21-22-23-24-25-26-27-28-29-30-31-32-33-34-35-36-38-40-42-44-46-48-50-52-60(73)69-56(57(72)51-49-47-45-43-41-39-37-18-16-14-12-10-8-6-4-2)55-79-67-65(78)63(76)66(59(54-71)81-67)82-68-64(77)62(75)61(74)58(53-70)80-68/h5,7,11,13,17,19,21-22,24-25,27-28,30-31,33-34,36,38,56-59,61-68,70-72,74-78H,3-4,6,8-10,12,14-16,18,20,23,26,29,32,35,37,39-55H2,1-2H3,(H,69,73)/b7-5-,13-11-,19-17-,22-21-,25-24-,28-27-,31-30-,34-33-,38-36-. The summed E-state index contributed by atoms with van der Waals surface area (Å²) in [5.74, 6) is -0.230. The van der Waals surface area contributed by atoms with E-state index >= 15 is 0 Å². The van der Waals surface area contributed by atoms with Gasteiger partial charge in [-0.1, -0.05) is 239 Å². The highest BCUT2D eigenvalue weighted by Gasteiger charge is 2.51. The highest BCUT2D eigenvalue weighted by molar-refractivity contribution is 5.76. The second-order valence-corrected chi connectivity index (χ2v) is 22.2. The van der Waals surface area contributed by atoms with E-state index < -0.39 is 86.8 Å². The molecule has 12 unspecified atom stereocenters. The summed E-state index contributed by atoms with van der Waals surface area (Å²) in [6, 6.07) is -0.847. The van der Waals surface area contributed by atoms with Gasteiger partial charge in [-0.2, -0.15) is 0 Å². The number of unbranched alkanes of at least 4 members (excludes halogenated alkanes) is 19. The van der Waals surface area contributed by atoms with E-state index in [4.69, 9.17) is 18.9 Å². The van der Waals surface area contributed by atoms with Crippen molar-refractivity contribution in [3.8, 4) is 0 Å². The zero-order valence-electron chi connectivity index (χ0n) is 50.7. The van der Waals surface area contributed by atoms with Gasteiger partial charge in [-0.15, -0.1) is 0 Å². The third-order valence-corrected chi connectivity index (χ3v) is 15.0. The first-order valence-corrected chi connectivity index (χ1v) is 32.1. The molecule has 0 bridgehead atoms. The molecule has 470 valence electrons. The Morgan fingerprint density at radius 3 is 1.29 bits per heavy atom. The van der Waals surface area contributed by atoms with Gasteiger partial charge in [0.1, 0.15) is 48.8 Å². The summed E-state index contributed by atoms with van der Waals surface area (Å²) < 4.78 is 22.8. The predicted molar refractivity (Wildman–Crippen MR) is 332 cm³/mol. The highest BCUT2D eigenvalue weighted by Crippen LogP contribution is 2.30. The lowest BCUT2D eigenvalue weighted by molar-refractivity contribution is -0.359. The van der Waals surface area contributed by atoms with Crippen LogP contribution < -0.4 is 5.32 Å². The van der Waals surface area contributed by atoms with Crippen LogP contribution in [0.5, 0.6) is 0 Å². The number of ether oxygens (including phenoxy) is 4. The van der Waals surface area contributed by atoms with Gasteiger partial charge in [0.15, 0.2) is 12.6 Å². The van der Waals surface area contributed by atoms with Crippen molar-refractivity contribution in [2.24, 2.45) is 0 Å². The molecule has 14 nitrogen and oxygen atoms in total. The summed E-state index contributed by atoms with van der Waals surface area (Å²) >= 11 is 0. The second kappa shape index (κ2) is 52.0. The first-order valence-electron chi connectivity index (χ1n) is 32.1. The summed E-state index contributed by atoms with van der Waals surface area (Å²) in [5, 5.41) is 87.3. The maximum atomic E-state index is 13.3. The molecule has 1 amide bonds. The number of amides is 1. The van der Waals surface area contributed by atoms with Crippen molar-refractivity contribution in [2.75, 3.05) is 19.8 Å². The molecule has 0 aromatic heterocycles. The average Bonchev–Trinajstić information content (AvgIpc) is 3.60. The largest absolute Gasteiger partial charge is 0.394 e. The first kappa shape index (κ1) is 74.7. The average molecular weight is 1150 g/mol. The summed E-state index contributed by atoms with van der Waals surface area (Å²) in [6.45, 7) is 2.72. The minimum Gasteiger partial charge on any atom is -0.394 e. The van der Waals surface area contributed by atoms with Gasteiger partial charge in [-0.3, -0.25) is 4.79 Å². The summed E-state index contributed by atoms with van der Waals surface area (Å²) in [5.41, 5.74) is 0. The maximum absolute atomic E-state index is 13.3. The lowest BCUT2D eigenvalue weighted by Gasteiger charge is -2.46. The lowest BCUT2D eigenvalue weighted by Crippen LogP contribution is -2.65. The number of hydrogen-bond acceptors (Lipinski definition) is 13. The number of carbonyl (C=O) groups is 1. The number of allylic oxidation sites excluding steroid dienone is 18. The van der Waals surface area contributed by atoms with E-state index in [1.54, 1.807) is 0 Å². The number of aliphatic hydroxyl groups is 8. The predicted octanol–water partition coefficient (Wildman–Crippen LogP) is 12.0. The van der Waals surface area contributed by atoms with Crippen molar-refractivity contribution in [1.82, 2.24) is 5.32 Å². The van der Waals surface area contributed by atoms with Gasteiger partial charge in [-0.25, -0.2) is 0 Å². The number of rotatable bonds is 50. The molecule has 2 heterocycles. The lowest BCUT2D eigenvalue weighted by atomic mass is 9.97. The quantitative estimate of drug-likeness (QED) is 0.0204. The topological polar surface area (TPSA) is 228 Å². The normalized spacial score (nSPS) is 24.7. The van der Waals surface area contributed by atoms with E-state index in [0.29, 0.717) is 12.8 Å². The Morgan fingerprint density at radius 2 is 0.841 bits per heavy atom. The molecule has 0 aromatic carbocycles. The van der Waals surface area contributed by atoms with E-state index in [9.17, 15) is 45.6 Å². The van der Waals surface area contributed by atoms with Crippen molar-refractivity contribution >= 4 is 5.91 Å². The molecule has 9 N–H and O–H groups in total. The van der Waals surface area contributed by atoms with Gasteiger partial charge < -0.3 is 65.1 Å². The van der Waals surface area contributed by atoms with E-state index in [-0.39, 0.29) is 18.9 Å². The zero-order chi connectivity index (χ0) is 59.5. The molecule has 0 aliphatic carbocycles. The fourth-order valence-electron chi connectivity index (χ4n) is 9.88. The van der Waals surface area contributed by atoms with Crippen LogP contribution in [0.3, 0.4) is 0 Å². The van der Waals surface area contributed by atoms with Crippen LogP contribution in [-0.2, 0) is 23.7 Å². The van der Waals surface area contributed by atoms with Crippen LogP contribution in [0.15, 0.2) is 109 Å².